The van der Waals surface area contributed by atoms with Crippen molar-refractivity contribution in [2.45, 2.75) is 30.4 Å². The monoisotopic (exact) mass is 337 g/mol. The van der Waals surface area contributed by atoms with Crippen molar-refractivity contribution < 1.29 is 0 Å². The predicted octanol–water partition coefficient (Wildman–Crippen LogP) is 3.81. The van der Waals surface area contributed by atoms with Crippen molar-refractivity contribution >= 4 is 27.7 Å². The van der Waals surface area contributed by atoms with Crippen molar-refractivity contribution in [1.29, 1.82) is 0 Å². The van der Waals surface area contributed by atoms with Crippen LogP contribution in [0.5, 0.6) is 0 Å². The maximum atomic E-state index is 4.44. The molecule has 0 saturated heterocycles. The smallest absolute Gasteiger partial charge is 0.192 e. The molecule has 1 heterocycles. The second-order valence-corrected chi connectivity index (χ2v) is 6.04. The van der Waals surface area contributed by atoms with E-state index in [9.17, 15) is 0 Å². The van der Waals surface area contributed by atoms with E-state index in [2.05, 4.69) is 56.3 Å². The highest BCUT2D eigenvalue weighted by atomic mass is 79.9. The summed E-state index contributed by atoms with van der Waals surface area (Å²) < 4.78 is 1.07. The van der Waals surface area contributed by atoms with Crippen LogP contribution in [0.25, 0.3) is 0 Å². The molecule has 5 heteroatoms. The first-order valence-corrected chi connectivity index (χ1v) is 7.76. The lowest BCUT2D eigenvalue weighted by molar-refractivity contribution is 0.717. The Labute approximate surface area is 126 Å². The highest BCUT2D eigenvalue weighted by molar-refractivity contribution is 9.10. The van der Waals surface area contributed by atoms with Crippen molar-refractivity contribution in [2.24, 2.45) is 0 Å². The Hall–Kier alpha value is -0.910. The lowest BCUT2D eigenvalue weighted by Crippen LogP contribution is -2.12. The van der Waals surface area contributed by atoms with Gasteiger partial charge in [-0.3, -0.25) is 0 Å². The highest BCUT2D eigenvalue weighted by Crippen LogP contribution is 2.30. The molecule has 3 nitrogen and oxygen atoms in total. The first-order chi connectivity index (χ1) is 9.19. The van der Waals surface area contributed by atoms with Gasteiger partial charge < -0.3 is 5.32 Å². The van der Waals surface area contributed by atoms with Crippen LogP contribution in [0, 0.1) is 6.92 Å². The maximum Gasteiger partial charge on any atom is 0.192 e. The van der Waals surface area contributed by atoms with E-state index in [1.54, 1.807) is 18.0 Å². The summed E-state index contributed by atoms with van der Waals surface area (Å²) in [5, 5.41) is 4.14. The summed E-state index contributed by atoms with van der Waals surface area (Å²) in [5.41, 5.74) is 2.25. The van der Waals surface area contributed by atoms with E-state index in [0.29, 0.717) is 0 Å². The molecule has 0 aliphatic rings. The topological polar surface area (TPSA) is 37.8 Å². The molecule has 0 saturated carbocycles. The molecule has 19 heavy (non-hydrogen) atoms. The van der Waals surface area contributed by atoms with Gasteiger partial charge in [0.1, 0.15) is 0 Å². The first kappa shape index (κ1) is 14.5. The van der Waals surface area contributed by atoms with Gasteiger partial charge in [0, 0.05) is 27.8 Å². The molecule has 1 N–H and O–H groups in total. The number of hydrogen-bond donors (Lipinski definition) is 1. The van der Waals surface area contributed by atoms with Crippen LogP contribution in [0.3, 0.4) is 0 Å². The Morgan fingerprint density at radius 1 is 1.32 bits per heavy atom. The number of halogens is 1. The van der Waals surface area contributed by atoms with E-state index in [1.807, 2.05) is 13.0 Å². The predicted molar refractivity (Wildman–Crippen MR) is 82.4 cm³/mol. The second kappa shape index (κ2) is 7.03. The summed E-state index contributed by atoms with van der Waals surface area (Å²) in [6, 6.07) is 8.21. The van der Waals surface area contributed by atoms with Gasteiger partial charge in [0.2, 0.25) is 0 Å². The van der Waals surface area contributed by atoms with Gasteiger partial charge in [-0.05, 0) is 49.0 Å². The van der Waals surface area contributed by atoms with Crippen molar-refractivity contribution in [3.8, 4) is 0 Å². The Morgan fingerprint density at radius 2 is 2.16 bits per heavy atom. The van der Waals surface area contributed by atoms with Gasteiger partial charge in [0.05, 0.1) is 0 Å². The summed E-state index contributed by atoms with van der Waals surface area (Å²) >= 11 is 5.12. The van der Waals surface area contributed by atoms with Crippen molar-refractivity contribution in [3.63, 3.8) is 0 Å². The van der Waals surface area contributed by atoms with Gasteiger partial charge in [-0.25, -0.2) is 9.97 Å². The molecular weight excluding hydrogens is 322 g/mol. The molecule has 1 aromatic carbocycles. The second-order valence-electron chi connectivity index (χ2n) is 4.12. The Balaban J connectivity index is 2.24. The van der Waals surface area contributed by atoms with Crippen molar-refractivity contribution in [3.05, 3.63) is 46.2 Å². The molecule has 0 aliphatic heterocycles. The van der Waals surface area contributed by atoms with E-state index >= 15 is 0 Å². The van der Waals surface area contributed by atoms with Gasteiger partial charge in [-0.15, -0.1) is 0 Å². The van der Waals surface area contributed by atoms with E-state index in [-0.39, 0.29) is 0 Å². The van der Waals surface area contributed by atoms with Crippen LogP contribution in [-0.2, 0) is 6.54 Å². The molecule has 0 fully saturated rings. The molecule has 2 aromatic rings. The zero-order valence-corrected chi connectivity index (χ0v) is 13.4. The number of rotatable bonds is 5. The Kier molecular flexibility index (Phi) is 5.36. The Bertz CT molecular complexity index is 560. The van der Waals surface area contributed by atoms with Crippen LogP contribution in [-0.4, -0.2) is 16.5 Å². The molecule has 0 amide bonds. The molecule has 0 radical (unpaired) electrons. The van der Waals surface area contributed by atoms with Crippen molar-refractivity contribution in [1.82, 2.24) is 15.3 Å². The third-order valence-electron chi connectivity index (χ3n) is 2.57. The number of hydrogen-bond acceptors (Lipinski definition) is 4. The van der Waals surface area contributed by atoms with Gasteiger partial charge in [0.25, 0.3) is 0 Å². The minimum atomic E-state index is 0.788. The average Bonchev–Trinajstić information content (AvgIpc) is 2.38. The zero-order valence-electron chi connectivity index (χ0n) is 11.0. The summed E-state index contributed by atoms with van der Waals surface area (Å²) in [6.45, 7) is 5.90. The van der Waals surface area contributed by atoms with E-state index < -0.39 is 0 Å². The van der Waals surface area contributed by atoms with Crippen LogP contribution in [0.1, 0.15) is 18.2 Å². The summed E-state index contributed by atoms with van der Waals surface area (Å²) in [5.74, 6) is 0. The molecule has 1 aromatic heterocycles. The first-order valence-electron chi connectivity index (χ1n) is 6.15. The molecule has 0 aliphatic carbocycles. The number of aromatic nitrogens is 2. The van der Waals surface area contributed by atoms with Crippen LogP contribution < -0.4 is 5.32 Å². The van der Waals surface area contributed by atoms with Crippen LogP contribution in [0.2, 0.25) is 0 Å². The standard InChI is InChI=1S/C14H16BrN3S/c1-3-16-9-11-4-5-12(15)8-13(11)19-14-17-7-6-10(2)18-14/h4-8,16H,3,9H2,1-2H3. The number of nitrogens with zero attached hydrogens (tertiary/aromatic N) is 2. The number of nitrogens with one attached hydrogen (secondary N) is 1. The lowest BCUT2D eigenvalue weighted by atomic mass is 10.2. The molecule has 0 atom stereocenters. The fraction of sp³-hybridized carbons (Fsp3) is 0.286. The van der Waals surface area contributed by atoms with E-state index in [0.717, 1.165) is 28.4 Å². The number of benzene rings is 1. The molecule has 100 valence electrons. The molecule has 0 spiro atoms. The molecule has 0 unspecified atom stereocenters. The Morgan fingerprint density at radius 3 is 2.89 bits per heavy atom. The largest absolute Gasteiger partial charge is 0.313 e. The molecule has 0 bridgehead atoms. The fourth-order valence-electron chi connectivity index (χ4n) is 1.60. The van der Waals surface area contributed by atoms with Crippen LogP contribution >= 0.6 is 27.7 Å². The SMILES string of the molecule is CCNCc1ccc(Br)cc1Sc1nccc(C)n1. The summed E-state index contributed by atoms with van der Waals surface area (Å²) in [6.07, 6.45) is 1.80. The van der Waals surface area contributed by atoms with Gasteiger partial charge in [-0.2, -0.15) is 0 Å². The van der Waals surface area contributed by atoms with E-state index in [1.165, 1.54) is 10.5 Å². The van der Waals surface area contributed by atoms with Crippen LogP contribution in [0.4, 0.5) is 0 Å². The number of aryl methyl sites for hydroxylation is 1. The van der Waals surface area contributed by atoms with Crippen molar-refractivity contribution in [2.75, 3.05) is 6.54 Å². The summed E-state index contributed by atoms with van der Waals surface area (Å²) in [7, 11) is 0. The lowest BCUT2D eigenvalue weighted by Gasteiger charge is -2.09. The highest BCUT2D eigenvalue weighted by Gasteiger charge is 2.07. The maximum absolute atomic E-state index is 4.44. The fourth-order valence-corrected chi connectivity index (χ4v) is 3.07. The minimum absolute atomic E-state index is 0.788. The van der Waals surface area contributed by atoms with Crippen LogP contribution in [0.15, 0.2) is 45.0 Å². The normalized spacial score (nSPS) is 10.7. The zero-order chi connectivity index (χ0) is 13.7. The third-order valence-corrected chi connectivity index (χ3v) is 4.04. The third kappa shape index (κ3) is 4.30. The van der Waals surface area contributed by atoms with Gasteiger partial charge in [-0.1, -0.05) is 28.9 Å². The van der Waals surface area contributed by atoms with Gasteiger partial charge in [0.15, 0.2) is 5.16 Å². The quantitative estimate of drug-likeness (QED) is 0.842. The minimum Gasteiger partial charge on any atom is -0.313 e. The van der Waals surface area contributed by atoms with Gasteiger partial charge >= 0.3 is 0 Å². The molecule has 2 rings (SSSR count). The van der Waals surface area contributed by atoms with E-state index in [4.69, 9.17) is 0 Å². The summed E-state index contributed by atoms with van der Waals surface area (Å²) in [4.78, 5) is 9.92. The molecular formula is C14H16BrN3S. The average molecular weight is 338 g/mol.